The van der Waals surface area contributed by atoms with Crippen LogP contribution in [0.2, 0.25) is 0 Å². The van der Waals surface area contributed by atoms with E-state index in [1.54, 1.807) is 4.68 Å². The number of benzene rings is 2. The molecule has 1 N–H and O–H groups in total. The van der Waals surface area contributed by atoms with Crippen LogP contribution in [0.4, 0.5) is 0 Å². The number of nitrogens with one attached hydrogen (secondary N) is 1. The summed E-state index contributed by atoms with van der Waals surface area (Å²) in [5.41, 5.74) is 5.74. The summed E-state index contributed by atoms with van der Waals surface area (Å²) in [5, 5.41) is 7.87. The maximum absolute atomic E-state index is 13.0. The Bertz CT molecular complexity index is 1360. The average molecular weight is 428 g/mol. The number of fused-ring (bicyclic) bond motifs is 2. The summed E-state index contributed by atoms with van der Waals surface area (Å²) < 4.78 is 3.01. The summed E-state index contributed by atoms with van der Waals surface area (Å²) in [6.07, 6.45) is 5.92. The van der Waals surface area contributed by atoms with Crippen molar-refractivity contribution in [3.05, 3.63) is 87.6 Å². The summed E-state index contributed by atoms with van der Waals surface area (Å²) in [4.78, 5) is 30.2. The minimum absolute atomic E-state index is 0.0212. The molecule has 32 heavy (non-hydrogen) atoms. The molecule has 0 spiro atoms. The van der Waals surface area contributed by atoms with Crippen LogP contribution in [-0.4, -0.2) is 25.2 Å². The maximum Gasteiger partial charge on any atom is 0.264 e. The van der Waals surface area contributed by atoms with Crippen LogP contribution in [0.5, 0.6) is 0 Å². The van der Waals surface area contributed by atoms with Crippen molar-refractivity contribution < 1.29 is 4.79 Å². The lowest BCUT2D eigenvalue weighted by molar-refractivity contribution is -0.122. The predicted octanol–water partition coefficient (Wildman–Crippen LogP) is 3.39. The van der Waals surface area contributed by atoms with Crippen molar-refractivity contribution in [2.45, 2.75) is 45.7 Å². The molecule has 4 aromatic rings. The topological polar surface area (TPSA) is 81.8 Å². The molecule has 162 valence electrons. The Morgan fingerprint density at radius 1 is 1.16 bits per heavy atom. The summed E-state index contributed by atoms with van der Waals surface area (Å²) in [6.45, 7) is 3.97. The molecule has 0 aliphatic heterocycles. The highest BCUT2D eigenvalue weighted by atomic mass is 16.2. The SMILES string of the molecule is Cc1cc(C)cc(-n2ncc3c(=O)n(CC(=O)NC4CCCc5ccccc54)cnc32)c1. The zero-order valence-electron chi connectivity index (χ0n) is 18.2. The van der Waals surface area contributed by atoms with Gasteiger partial charge in [0.15, 0.2) is 5.65 Å². The molecular formula is C25H25N5O2. The molecular weight excluding hydrogens is 402 g/mol. The fourth-order valence-corrected chi connectivity index (χ4v) is 4.62. The van der Waals surface area contributed by atoms with Crippen LogP contribution in [0.15, 0.2) is 59.8 Å². The van der Waals surface area contributed by atoms with Crippen LogP contribution < -0.4 is 10.9 Å². The number of aromatic nitrogens is 4. The number of carbonyl (C=O) groups is 1. The lowest BCUT2D eigenvalue weighted by Crippen LogP contribution is -2.36. The number of carbonyl (C=O) groups excluding carboxylic acids is 1. The number of amides is 1. The molecule has 7 heteroatoms. The largest absolute Gasteiger partial charge is 0.348 e. The van der Waals surface area contributed by atoms with E-state index in [-0.39, 0.29) is 24.1 Å². The lowest BCUT2D eigenvalue weighted by Gasteiger charge is -2.26. The third kappa shape index (κ3) is 3.70. The van der Waals surface area contributed by atoms with E-state index >= 15 is 0 Å². The molecule has 0 saturated carbocycles. The van der Waals surface area contributed by atoms with Gasteiger partial charge in [0.25, 0.3) is 5.56 Å². The predicted molar refractivity (Wildman–Crippen MR) is 123 cm³/mol. The molecule has 0 bridgehead atoms. The van der Waals surface area contributed by atoms with Gasteiger partial charge >= 0.3 is 0 Å². The van der Waals surface area contributed by atoms with Crippen LogP contribution in [-0.2, 0) is 17.8 Å². The van der Waals surface area contributed by atoms with Gasteiger partial charge in [0, 0.05) is 0 Å². The Balaban J connectivity index is 1.39. The van der Waals surface area contributed by atoms with Crippen molar-refractivity contribution in [2.75, 3.05) is 0 Å². The monoisotopic (exact) mass is 427 g/mol. The smallest absolute Gasteiger partial charge is 0.264 e. The first kappa shape index (κ1) is 20.2. The fourth-order valence-electron chi connectivity index (χ4n) is 4.62. The Labute approximate surface area is 185 Å². The molecule has 1 unspecified atom stereocenters. The van der Waals surface area contributed by atoms with Gasteiger partial charge in [-0.3, -0.25) is 14.2 Å². The molecule has 0 fully saturated rings. The van der Waals surface area contributed by atoms with Gasteiger partial charge in [-0.15, -0.1) is 0 Å². The summed E-state index contributed by atoms with van der Waals surface area (Å²) in [5.74, 6) is -0.198. The second-order valence-corrected chi connectivity index (χ2v) is 8.53. The first-order chi connectivity index (χ1) is 15.5. The standard InChI is InChI=1S/C25H25N5O2/c1-16-10-17(2)12-19(11-16)30-24-21(13-27-30)25(32)29(15-26-24)14-23(31)28-22-9-5-7-18-6-3-4-8-20(18)22/h3-4,6,8,10-13,15,22H,5,7,9,14H2,1-2H3,(H,28,31). The van der Waals surface area contributed by atoms with E-state index in [4.69, 9.17) is 0 Å². The minimum atomic E-state index is -0.273. The first-order valence-electron chi connectivity index (χ1n) is 10.9. The second-order valence-electron chi connectivity index (χ2n) is 8.53. The number of nitrogens with zero attached hydrogens (tertiary/aromatic N) is 4. The van der Waals surface area contributed by atoms with E-state index in [0.717, 1.165) is 36.1 Å². The summed E-state index contributed by atoms with van der Waals surface area (Å²) >= 11 is 0. The average Bonchev–Trinajstić information content (AvgIpc) is 3.20. The molecule has 2 aromatic heterocycles. The van der Waals surface area contributed by atoms with Crippen molar-refractivity contribution >= 4 is 16.9 Å². The summed E-state index contributed by atoms with van der Waals surface area (Å²) in [7, 11) is 0. The van der Waals surface area contributed by atoms with Gasteiger partial charge in [-0.25, -0.2) is 9.67 Å². The van der Waals surface area contributed by atoms with Gasteiger partial charge < -0.3 is 5.32 Å². The van der Waals surface area contributed by atoms with Crippen LogP contribution in [0.25, 0.3) is 16.7 Å². The van der Waals surface area contributed by atoms with Crippen molar-refractivity contribution in [2.24, 2.45) is 0 Å². The summed E-state index contributed by atoms with van der Waals surface area (Å²) in [6, 6.07) is 14.3. The molecule has 7 nitrogen and oxygen atoms in total. The number of aryl methyl sites for hydroxylation is 3. The van der Waals surface area contributed by atoms with E-state index < -0.39 is 0 Å². The van der Waals surface area contributed by atoms with Gasteiger partial charge in [-0.05, 0) is 67.5 Å². The third-order valence-electron chi connectivity index (χ3n) is 6.02. The third-order valence-corrected chi connectivity index (χ3v) is 6.02. The van der Waals surface area contributed by atoms with Crippen LogP contribution >= 0.6 is 0 Å². The van der Waals surface area contributed by atoms with E-state index in [2.05, 4.69) is 33.6 Å². The Kier molecular flexibility index (Phi) is 5.09. The van der Waals surface area contributed by atoms with Crippen LogP contribution in [0.3, 0.4) is 0 Å². The van der Waals surface area contributed by atoms with Gasteiger partial charge in [-0.1, -0.05) is 30.3 Å². The van der Waals surface area contributed by atoms with Gasteiger partial charge in [0.05, 0.1) is 17.9 Å². The zero-order chi connectivity index (χ0) is 22.2. The number of hydrogen-bond donors (Lipinski definition) is 1. The van der Waals surface area contributed by atoms with Gasteiger partial charge in [0.1, 0.15) is 18.3 Å². The first-order valence-corrected chi connectivity index (χ1v) is 10.9. The van der Waals surface area contributed by atoms with E-state index in [1.165, 1.54) is 28.2 Å². The Morgan fingerprint density at radius 2 is 1.94 bits per heavy atom. The highest BCUT2D eigenvalue weighted by Gasteiger charge is 2.22. The van der Waals surface area contributed by atoms with Crippen LogP contribution in [0, 0.1) is 13.8 Å². The Hall–Kier alpha value is -3.74. The molecule has 1 aliphatic carbocycles. The molecule has 1 aliphatic rings. The minimum Gasteiger partial charge on any atom is -0.348 e. The lowest BCUT2D eigenvalue weighted by atomic mass is 9.88. The highest BCUT2D eigenvalue weighted by molar-refractivity contribution is 5.78. The molecule has 2 heterocycles. The quantitative estimate of drug-likeness (QED) is 0.541. The molecule has 1 amide bonds. The normalized spacial score (nSPS) is 15.5. The van der Waals surface area contributed by atoms with Gasteiger partial charge in [-0.2, -0.15) is 5.10 Å². The maximum atomic E-state index is 13.0. The zero-order valence-corrected chi connectivity index (χ0v) is 18.2. The number of rotatable bonds is 4. The molecule has 2 aromatic carbocycles. The fraction of sp³-hybridized carbons (Fsp3) is 0.280. The molecule has 1 atom stereocenters. The molecule has 5 rings (SSSR count). The highest BCUT2D eigenvalue weighted by Crippen LogP contribution is 2.29. The van der Waals surface area contributed by atoms with Crippen molar-refractivity contribution in [1.82, 2.24) is 24.6 Å². The van der Waals surface area contributed by atoms with E-state index in [1.807, 2.05) is 38.1 Å². The number of hydrogen-bond acceptors (Lipinski definition) is 4. The van der Waals surface area contributed by atoms with E-state index in [0.29, 0.717) is 11.0 Å². The van der Waals surface area contributed by atoms with Gasteiger partial charge in [0.2, 0.25) is 5.91 Å². The van der Waals surface area contributed by atoms with E-state index in [9.17, 15) is 9.59 Å². The van der Waals surface area contributed by atoms with Crippen molar-refractivity contribution in [3.63, 3.8) is 0 Å². The van der Waals surface area contributed by atoms with Crippen molar-refractivity contribution in [3.8, 4) is 5.69 Å². The van der Waals surface area contributed by atoms with Crippen LogP contribution in [0.1, 0.15) is 41.1 Å². The van der Waals surface area contributed by atoms with Crippen molar-refractivity contribution in [1.29, 1.82) is 0 Å². The molecule has 0 radical (unpaired) electrons. The second kappa shape index (κ2) is 8.07. The molecule has 0 saturated heterocycles. The Morgan fingerprint density at radius 3 is 2.75 bits per heavy atom.